The summed E-state index contributed by atoms with van der Waals surface area (Å²) in [5, 5.41) is 2.56. The van der Waals surface area contributed by atoms with E-state index in [1.807, 2.05) is 30.3 Å². The normalized spacial score (nSPS) is 11.0. The standard InChI is InChI=1S/C20H22N2O3/c1-2-3-13-25-17-11-9-16(10-12-17)20(24)22-18(19(21)23)14-15-7-5-4-6-8-15/h4-12,14H,2-3,13H2,1H3,(H2,21,23)(H,22,24)/b18-14+. The smallest absolute Gasteiger partial charge is 0.265 e. The van der Waals surface area contributed by atoms with Crippen LogP contribution < -0.4 is 15.8 Å². The number of rotatable bonds is 8. The fraction of sp³-hybridized carbons (Fsp3) is 0.200. The SMILES string of the molecule is CCCCOc1ccc(C(=O)N/C(=C/c2ccccc2)C(N)=O)cc1. The van der Waals surface area contributed by atoms with Gasteiger partial charge in [0.1, 0.15) is 11.4 Å². The van der Waals surface area contributed by atoms with Crippen LogP contribution in [0.4, 0.5) is 0 Å². The summed E-state index contributed by atoms with van der Waals surface area (Å²) in [7, 11) is 0. The van der Waals surface area contributed by atoms with Gasteiger partial charge in [-0.3, -0.25) is 9.59 Å². The molecule has 0 saturated carbocycles. The van der Waals surface area contributed by atoms with Crippen molar-refractivity contribution < 1.29 is 14.3 Å². The second-order valence-electron chi connectivity index (χ2n) is 5.51. The van der Waals surface area contributed by atoms with Crippen molar-refractivity contribution in [1.82, 2.24) is 5.32 Å². The summed E-state index contributed by atoms with van der Waals surface area (Å²) in [6.45, 7) is 2.74. The molecule has 0 aliphatic carbocycles. The molecule has 0 aromatic heterocycles. The number of ether oxygens (including phenoxy) is 1. The maximum absolute atomic E-state index is 12.3. The average molecular weight is 338 g/mol. The van der Waals surface area contributed by atoms with Crippen molar-refractivity contribution in [3.8, 4) is 5.75 Å². The lowest BCUT2D eigenvalue weighted by Crippen LogP contribution is -2.31. The zero-order chi connectivity index (χ0) is 18.1. The number of hydrogen-bond acceptors (Lipinski definition) is 3. The summed E-state index contributed by atoms with van der Waals surface area (Å²) in [6, 6.07) is 15.9. The van der Waals surface area contributed by atoms with Crippen LogP contribution in [0.2, 0.25) is 0 Å². The van der Waals surface area contributed by atoms with Gasteiger partial charge in [0.2, 0.25) is 0 Å². The van der Waals surface area contributed by atoms with Gasteiger partial charge in [0.25, 0.3) is 11.8 Å². The van der Waals surface area contributed by atoms with E-state index in [0.717, 1.165) is 18.4 Å². The number of carbonyl (C=O) groups is 2. The van der Waals surface area contributed by atoms with Crippen LogP contribution in [0.15, 0.2) is 60.3 Å². The molecular formula is C20H22N2O3. The van der Waals surface area contributed by atoms with Crippen molar-refractivity contribution in [2.24, 2.45) is 5.73 Å². The third-order valence-corrected chi connectivity index (χ3v) is 3.51. The summed E-state index contributed by atoms with van der Waals surface area (Å²) < 4.78 is 5.56. The van der Waals surface area contributed by atoms with E-state index in [0.29, 0.717) is 17.9 Å². The second kappa shape index (κ2) is 9.27. The molecule has 5 heteroatoms. The first-order chi connectivity index (χ1) is 12.1. The van der Waals surface area contributed by atoms with Crippen LogP contribution in [0.3, 0.4) is 0 Å². The molecule has 130 valence electrons. The molecule has 2 amide bonds. The van der Waals surface area contributed by atoms with Crippen LogP contribution in [0.1, 0.15) is 35.7 Å². The summed E-state index contributed by atoms with van der Waals surface area (Å²) in [4.78, 5) is 23.9. The number of nitrogens with one attached hydrogen (secondary N) is 1. The molecule has 0 atom stereocenters. The lowest BCUT2D eigenvalue weighted by molar-refractivity contribution is -0.114. The van der Waals surface area contributed by atoms with Gasteiger partial charge in [-0.05, 0) is 42.3 Å². The molecule has 0 aliphatic rings. The van der Waals surface area contributed by atoms with E-state index in [-0.39, 0.29) is 5.70 Å². The van der Waals surface area contributed by atoms with E-state index in [1.165, 1.54) is 0 Å². The lowest BCUT2D eigenvalue weighted by Gasteiger charge is -2.09. The fourth-order valence-electron chi connectivity index (χ4n) is 2.12. The predicted octanol–water partition coefficient (Wildman–Crippen LogP) is 3.12. The number of amides is 2. The first-order valence-corrected chi connectivity index (χ1v) is 8.21. The van der Waals surface area contributed by atoms with Gasteiger partial charge in [-0.1, -0.05) is 43.7 Å². The highest BCUT2D eigenvalue weighted by molar-refractivity contribution is 6.04. The Morgan fingerprint density at radius 3 is 2.36 bits per heavy atom. The molecule has 0 aliphatic heterocycles. The van der Waals surface area contributed by atoms with Crippen molar-refractivity contribution in [1.29, 1.82) is 0 Å². The minimum Gasteiger partial charge on any atom is -0.494 e. The Hall–Kier alpha value is -3.08. The molecule has 5 nitrogen and oxygen atoms in total. The number of hydrogen-bond donors (Lipinski definition) is 2. The van der Waals surface area contributed by atoms with Gasteiger partial charge in [0, 0.05) is 5.56 Å². The highest BCUT2D eigenvalue weighted by atomic mass is 16.5. The van der Waals surface area contributed by atoms with Gasteiger partial charge in [0.15, 0.2) is 0 Å². The summed E-state index contributed by atoms with van der Waals surface area (Å²) in [6.07, 6.45) is 3.58. The Bertz CT molecular complexity index is 737. The van der Waals surface area contributed by atoms with Crippen molar-refractivity contribution >= 4 is 17.9 Å². The van der Waals surface area contributed by atoms with Crippen LogP contribution >= 0.6 is 0 Å². The van der Waals surface area contributed by atoms with Gasteiger partial charge < -0.3 is 15.8 Å². The minimum atomic E-state index is -0.697. The Balaban J connectivity index is 2.06. The quantitative estimate of drug-likeness (QED) is 0.573. The molecule has 0 heterocycles. The summed E-state index contributed by atoms with van der Waals surface area (Å²) in [5.74, 6) is -0.391. The molecule has 0 saturated heterocycles. The molecule has 2 aromatic carbocycles. The van der Waals surface area contributed by atoms with E-state index < -0.39 is 11.8 Å². The molecule has 2 rings (SSSR count). The summed E-state index contributed by atoms with van der Waals surface area (Å²) >= 11 is 0. The van der Waals surface area contributed by atoms with E-state index in [1.54, 1.807) is 30.3 Å². The lowest BCUT2D eigenvalue weighted by atomic mass is 10.1. The molecular weight excluding hydrogens is 316 g/mol. The maximum atomic E-state index is 12.3. The van der Waals surface area contributed by atoms with Crippen LogP contribution in [-0.4, -0.2) is 18.4 Å². The highest BCUT2D eigenvalue weighted by Gasteiger charge is 2.12. The van der Waals surface area contributed by atoms with Crippen LogP contribution in [-0.2, 0) is 4.79 Å². The summed E-state index contributed by atoms with van der Waals surface area (Å²) in [5.41, 5.74) is 6.60. The molecule has 0 bridgehead atoms. The van der Waals surface area contributed by atoms with E-state index in [2.05, 4.69) is 12.2 Å². The number of benzene rings is 2. The molecule has 0 unspecified atom stereocenters. The first kappa shape index (κ1) is 18.3. The largest absolute Gasteiger partial charge is 0.494 e. The molecule has 0 fully saturated rings. The van der Waals surface area contributed by atoms with Gasteiger partial charge in [-0.2, -0.15) is 0 Å². The minimum absolute atomic E-state index is 0.0412. The zero-order valence-electron chi connectivity index (χ0n) is 14.2. The van der Waals surface area contributed by atoms with Gasteiger partial charge >= 0.3 is 0 Å². The van der Waals surface area contributed by atoms with E-state index >= 15 is 0 Å². The fourth-order valence-corrected chi connectivity index (χ4v) is 2.12. The molecule has 3 N–H and O–H groups in total. The maximum Gasteiger partial charge on any atom is 0.265 e. The Labute approximate surface area is 147 Å². The van der Waals surface area contributed by atoms with Crippen LogP contribution in [0, 0.1) is 0 Å². The van der Waals surface area contributed by atoms with Crippen LogP contribution in [0.25, 0.3) is 6.08 Å². The zero-order valence-corrected chi connectivity index (χ0v) is 14.2. The predicted molar refractivity (Wildman–Crippen MR) is 97.9 cm³/mol. The van der Waals surface area contributed by atoms with E-state index in [9.17, 15) is 9.59 Å². The van der Waals surface area contributed by atoms with Crippen molar-refractivity contribution in [2.75, 3.05) is 6.61 Å². The number of carbonyl (C=O) groups excluding carboxylic acids is 2. The van der Waals surface area contributed by atoms with Crippen molar-refractivity contribution in [3.63, 3.8) is 0 Å². The third-order valence-electron chi connectivity index (χ3n) is 3.51. The van der Waals surface area contributed by atoms with Crippen molar-refractivity contribution in [3.05, 3.63) is 71.4 Å². The first-order valence-electron chi connectivity index (χ1n) is 8.21. The number of nitrogens with two attached hydrogens (primary N) is 1. The molecule has 0 radical (unpaired) electrons. The third kappa shape index (κ3) is 5.80. The average Bonchev–Trinajstić information content (AvgIpc) is 2.62. The van der Waals surface area contributed by atoms with Crippen LogP contribution in [0.5, 0.6) is 5.75 Å². The molecule has 2 aromatic rings. The second-order valence-corrected chi connectivity index (χ2v) is 5.51. The van der Waals surface area contributed by atoms with Gasteiger partial charge in [0.05, 0.1) is 6.61 Å². The van der Waals surface area contributed by atoms with Gasteiger partial charge in [-0.15, -0.1) is 0 Å². The Morgan fingerprint density at radius 2 is 1.76 bits per heavy atom. The topological polar surface area (TPSA) is 81.4 Å². The van der Waals surface area contributed by atoms with E-state index in [4.69, 9.17) is 10.5 Å². The highest BCUT2D eigenvalue weighted by Crippen LogP contribution is 2.13. The van der Waals surface area contributed by atoms with Gasteiger partial charge in [-0.25, -0.2) is 0 Å². The number of primary amides is 1. The molecule has 0 spiro atoms. The molecule has 25 heavy (non-hydrogen) atoms. The number of unbranched alkanes of at least 4 members (excludes halogenated alkanes) is 1. The Morgan fingerprint density at radius 1 is 1.08 bits per heavy atom. The Kier molecular flexibility index (Phi) is 6.77. The van der Waals surface area contributed by atoms with Crippen molar-refractivity contribution in [2.45, 2.75) is 19.8 Å². The monoisotopic (exact) mass is 338 g/mol.